The maximum atomic E-state index is 2.54. The highest BCUT2D eigenvalue weighted by Gasteiger charge is 2.38. The van der Waals surface area contributed by atoms with Crippen LogP contribution in [0.5, 0.6) is 0 Å². The minimum Gasteiger partial charge on any atom is -0.310 e. The van der Waals surface area contributed by atoms with Crippen LogP contribution in [0.25, 0.3) is 65.3 Å². The van der Waals surface area contributed by atoms with Crippen LogP contribution in [0, 0.1) is 0 Å². The summed E-state index contributed by atoms with van der Waals surface area (Å²) in [5.74, 6) is 0. The van der Waals surface area contributed by atoms with E-state index in [0.717, 1.165) is 22.6 Å². The smallest absolute Gasteiger partial charge is 0.0618 e. The molecule has 63 heavy (non-hydrogen) atoms. The number of benzene rings is 11. The number of hydrogen-bond acceptors (Lipinski definition) is 2. The van der Waals surface area contributed by atoms with Crippen LogP contribution in [0.15, 0.2) is 231 Å². The highest BCUT2D eigenvalue weighted by molar-refractivity contribution is 6.08. The molecule has 0 radical (unpaired) electrons. The molecule has 0 saturated carbocycles. The van der Waals surface area contributed by atoms with Gasteiger partial charge in [0, 0.05) is 33.1 Å². The van der Waals surface area contributed by atoms with E-state index < -0.39 is 0 Å². The predicted octanol–water partition coefficient (Wildman–Crippen LogP) is 17.2. The highest BCUT2D eigenvalue weighted by atomic mass is 15.2. The first-order chi connectivity index (χ1) is 31.0. The Labute approximate surface area is 368 Å². The standard InChI is InChI=1S/C61H44N2/c1-61(2)55-23-11-12-24-58(55)63(59-37-32-49(40-56(59)61)48-27-26-41-14-3-5-18-46(41)38-48)60-53-22-10-8-17-44(53)31-36-54(60)45-29-33-50(34-30-45)62(51-35-28-42-15-4-6-19-47(42)39-51)57-25-13-20-43-16-7-9-21-52(43)57/h3-40H,1-2H3. The molecule has 0 amide bonds. The second-order valence-electron chi connectivity index (χ2n) is 17.4. The minimum absolute atomic E-state index is 0.241. The molecule has 2 heteroatoms. The first-order valence-corrected chi connectivity index (χ1v) is 21.9. The summed E-state index contributed by atoms with van der Waals surface area (Å²) >= 11 is 0. The average Bonchev–Trinajstić information content (AvgIpc) is 3.34. The molecule has 298 valence electrons. The third-order valence-electron chi connectivity index (χ3n) is 13.4. The van der Waals surface area contributed by atoms with Crippen LogP contribution in [0.3, 0.4) is 0 Å². The normalized spacial score (nSPS) is 13.0. The fourth-order valence-electron chi connectivity index (χ4n) is 10.2. The molecule has 12 rings (SSSR count). The second kappa shape index (κ2) is 14.6. The van der Waals surface area contributed by atoms with Crippen molar-refractivity contribution >= 4 is 77.2 Å². The van der Waals surface area contributed by atoms with E-state index in [1.165, 1.54) is 88.0 Å². The van der Waals surface area contributed by atoms with Crippen LogP contribution in [0.2, 0.25) is 0 Å². The molecule has 11 aromatic carbocycles. The summed E-state index contributed by atoms with van der Waals surface area (Å²) in [5, 5.41) is 9.81. The predicted molar refractivity (Wildman–Crippen MR) is 269 cm³/mol. The molecule has 0 atom stereocenters. The molecule has 0 aromatic heterocycles. The Morgan fingerprint density at radius 1 is 0.349 bits per heavy atom. The highest BCUT2D eigenvalue weighted by Crippen LogP contribution is 2.56. The summed E-state index contributed by atoms with van der Waals surface area (Å²) in [4.78, 5) is 4.95. The summed E-state index contributed by atoms with van der Waals surface area (Å²) in [5.41, 5.74) is 14.1. The van der Waals surface area contributed by atoms with E-state index in [-0.39, 0.29) is 5.41 Å². The Balaban J connectivity index is 1.04. The maximum absolute atomic E-state index is 2.54. The van der Waals surface area contributed by atoms with E-state index in [1.54, 1.807) is 0 Å². The Kier molecular flexibility index (Phi) is 8.55. The number of hydrogen-bond donors (Lipinski definition) is 0. The third-order valence-corrected chi connectivity index (χ3v) is 13.4. The Morgan fingerprint density at radius 2 is 0.873 bits per heavy atom. The van der Waals surface area contributed by atoms with Gasteiger partial charge in [-0.15, -0.1) is 0 Å². The van der Waals surface area contributed by atoms with Crippen LogP contribution in [-0.2, 0) is 5.41 Å². The Morgan fingerprint density at radius 3 is 1.65 bits per heavy atom. The lowest BCUT2D eigenvalue weighted by atomic mass is 9.72. The van der Waals surface area contributed by atoms with E-state index in [4.69, 9.17) is 0 Å². The molecule has 0 unspecified atom stereocenters. The second-order valence-corrected chi connectivity index (χ2v) is 17.4. The summed E-state index contributed by atoms with van der Waals surface area (Å²) in [7, 11) is 0. The van der Waals surface area contributed by atoms with E-state index in [1.807, 2.05) is 0 Å². The van der Waals surface area contributed by atoms with E-state index >= 15 is 0 Å². The first kappa shape index (κ1) is 36.9. The van der Waals surface area contributed by atoms with Crippen LogP contribution in [0.1, 0.15) is 25.0 Å². The van der Waals surface area contributed by atoms with Crippen molar-refractivity contribution in [2.45, 2.75) is 19.3 Å². The van der Waals surface area contributed by atoms with Gasteiger partial charge in [0.2, 0.25) is 0 Å². The maximum Gasteiger partial charge on any atom is 0.0618 e. The minimum atomic E-state index is -0.241. The molecule has 0 aliphatic carbocycles. The van der Waals surface area contributed by atoms with Gasteiger partial charge in [-0.05, 0) is 115 Å². The summed E-state index contributed by atoms with van der Waals surface area (Å²) in [6, 6.07) is 84.9. The van der Waals surface area contributed by atoms with Crippen LogP contribution in [0.4, 0.5) is 34.1 Å². The van der Waals surface area contributed by atoms with E-state index in [0.29, 0.717) is 0 Å². The lowest BCUT2D eigenvalue weighted by Gasteiger charge is -2.43. The Hall–Kier alpha value is -7.94. The van der Waals surface area contributed by atoms with Crippen molar-refractivity contribution in [2.24, 2.45) is 0 Å². The van der Waals surface area contributed by atoms with Crippen molar-refractivity contribution in [3.05, 3.63) is 242 Å². The fourth-order valence-corrected chi connectivity index (χ4v) is 10.2. The summed E-state index contributed by atoms with van der Waals surface area (Å²) in [6.45, 7) is 4.76. The molecular weight excluding hydrogens is 761 g/mol. The SMILES string of the molecule is CC1(C)c2ccccc2N(c2c(-c3ccc(N(c4ccc5ccccc5c4)c4cccc5ccccc45)cc3)ccc3ccccc23)c2ccc(-c3ccc4ccccc4c3)cc21. The van der Waals surface area contributed by atoms with Crippen LogP contribution in [-0.4, -0.2) is 0 Å². The van der Waals surface area contributed by atoms with E-state index in [9.17, 15) is 0 Å². The van der Waals surface area contributed by atoms with Crippen molar-refractivity contribution in [2.75, 3.05) is 9.80 Å². The van der Waals surface area contributed by atoms with Gasteiger partial charge in [0.25, 0.3) is 0 Å². The summed E-state index contributed by atoms with van der Waals surface area (Å²) in [6.07, 6.45) is 0. The summed E-state index contributed by atoms with van der Waals surface area (Å²) < 4.78 is 0. The fraction of sp³-hybridized carbons (Fsp3) is 0.0492. The van der Waals surface area contributed by atoms with Crippen molar-refractivity contribution in [1.82, 2.24) is 0 Å². The zero-order valence-electron chi connectivity index (χ0n) is 35.3. The molecule has 2 nitrogen and oxygen atoms in total. The molecule has 0 fully saturated rings. The van der Waals surface area contributed by atoms with Crippen LogP contribution >= 0.6 is 0 Å². The molecule has 1 heterocycles. The van der Waals surface area contributed by atoms with Crippen molar-refractivity contribution in [1.29, 1.82) is 0 Å². The topological polar surface area (TPSA) is 6.48 Å². The lowest BCUT2D eigenvalue weighted by molar-refractivity contribution is 0.632. The lowest BCUT2D eigenvalue weighted by Crippen LogP contribution is -2.31. The van der Waals surface area contributed by atoms with Gasteiger partial charge in [0.1, 0.15) is 0 Å². The molecule has 11 aromatic rings. The quantitative estimate of drug-likeness (QED) is 0.165. The zero-order chi connectivity index (χ0) is 42.1. The molecule has 1 aliphatic heterocycles. The van der Waals surface area contributed by atoms with Crippen LogP contribution < -0.4 is 9.80 Å². The molecule has 1 aliphatic rings. The molecule has 0 bridgehead atoms. The van der Waals surface area contributed by atoms with Gasteiger partial charge in [-0.2, -0.15) is 0 Å². The van der Waals surface area contributed by atoms with Crippen molar-refractivity contribution in [3.8, 4) is 22.3 Å². The molecule has 0 saturated heterocycles. The number of para-hydroxylation sites is 1. The van der Waals surface area contributed by atoms with Gasteiger partial charge < -0.3 is 9.80 Å². The molecule has 0 spiro atoms. The number of fused-ring (bicyclic) bond motifs is 6. The average molecular weight is 805 g/mol. The van der Waals surface area contributed by atoms with Gasteiger partial charge >= 0.3 is 0 Å². The third kappa shape index (κ3) is 6.09. The largest absolute Gasteiger partial charge is 0.310 e. The number of nitrogens with zero attached hydrogens (tertiary/aromatic N) is 2. The van der Waals surface area contributed by atoms with Crippen molar-refractivity contribution < 1.29 is 0 Å². The van der Waals surface area contributed by atoms with Gasteiger partial charge in [-0.25, -0.2) is 0 Å². The van der Waals surface area contributed by atoms with Crippen molar-refractivity contribution in [3.63, 3.8) is 0 Å². The number of anilines is 6. The monoisotopic (exact) mass is 804 g/mol. The zero-order valence-corrected chi connectivity index (χ0v) is 35.3. The number of rotatable bonds is 6. The van der Waals surface area contributed by atoms with Gasteiger partial charge in [0.15, 0.2) is 0 Å². The van der Waals surface area contributed by atoms with Gasteiger partial charge in [-0.1, -0.05) is 190 Å². The molecule has 0 N–H and O–H groups in total. The Bertz CT molecular complexity index is 3560. The first-order valence-electron chi connectivity index (χ1n) is 21.9. The van der Waals surface area contributed by atoms with Gasteiger partial charge in [-0.3, -0.25) is 0 Å². The van der Waals surface area contributed by atoms with E-state index in [2.05, 4.69) is 254 Å². The van der Waals surface area contributed by atoms with Gasteiger partial charge in [0.05, 0.1) is 22.7 Å². The molecular formula is C61H44N2.